The van der Waals surface area contributed by atoms with E-state index in [1.54, 1.807) is 7.11 Å². The number of fused-ring (bicyclic) bond motifs is 2. The van der Waals surface area contributed by atoms with E-state index in [9.17, 15) is 9.59 Å². The molecule has 2 unspecified atom stereocenters. The highest BCUT2D eigenvalue weighted by Crippen LogP contribution is 2.38. The smallest absolute Gasteiger partial charge is 0.232 e. The first kappa shape index (κ1) is 23.2. The lowest BCUT2D eigenvalue weighted by Gasteiger charge is -2.39. The maximum absolute atomic E-state index is 13.6. The Balaban J connectivity index is 1.25. The van der Waals surface area contributed by atoms with Crippen molar-refractivity contribution in [2.75, 3.05) is 39.1 Å². The molecule has 8 nitrogen and oxygen atoms in total. The Labute approximate surface area is 215 Å². The van der Waals surface area contributed by atoms with E-state index in [1.807, 2.05) is 41.4 Å². The molecule has 0 radical (unpaired) electrons. The summed E-state index contributed by atoms with van der Waals surface area (Å²) in [4.78, 5) is 38.6. The van der Waals surface area contributed by atoms with E-state index in [-0.39, 0.29) is 24.3 Å². The second-order valence-electron chi connectivity index (χ2n) is 9.81. The SMILES string of the molecule is COc1ccc2c(c1)C(CC(=O)N1CCN(C)CC1c1ncc(-c3ccc4ccccc4c3)[nH]1)C(=O)N2. The van der Waals surface area contributed by atoms with Crippen molar-refractivity contribution in [2.24, 2.45) is 0 Å². The molecule has 6 rings (SSSR count). The van der Waals surface area contributed by atoms with Crippen LogP contribution in [0.25, 0.3) is 22.0 Å². The molecule has 2 N–H and O–H groups in total. The van der Waals surface area contributed by atoms with Gasteiger partial charge in [-0.05, 0) is 47.6 Å². The fourth-order valence-electron chi connectivity index (χ4n) is 5.39. The molecule has 1 aromatic heterocycles. The number of likely N-dealkylation sites (N-methyl/N-ethyl adjacent to an activating group) is 1. The number of hydrogen-bond acceptors (Lipinski definition) is 5. The van der Waals surface area contributed by atoms with Gasteiger partial charge in [0.1, 0.15) is 17.6 Å². The van der Waals surface area contributed by atoms with Crippen LogP contribution in [0.3, 0.4) is 0 Å². The van der Waals surface area contributed by atoms with E-state index >= 15 is 0 Å². The number of carbonyl (C=O) groups excluding carboxylic acids is 2. The molecule has 3 aromatic carbocycles. The molecule has 2 aliphatic rings. The summed E-state index contributed by atoms with van der Waals surface area (Å²) >= 11 is 0. The first-order valence-corrected chi connectivity index (χ1v) is 12.5. The van der Waals surface area contributed by atoms with Gasteiger partial charge < -0.3 is 24.8 Å². The number of nitrogens with one attached hydrogen (secondary N) is 2. The van der Waals surface area contributed by atoms with Crippen molar-refractivity contribution in [3.63, 3.8) is 0 Å². The molecule has 1 saturated heterocycles. The van der Waals surface area contributed by atoms with Crippen molar-refractivity contribution in [2.45, 2.75) is 18.4 Å². The lowest BCUT2D eigenvalue weighted by molar-refractivity contribution is -0.138. The van der Waals surface area contributed by atoms with Crippen molar-refractivity contribution < 1.29 is 14.3 Å². The summed E-state index contributed by atoms with van der Waals surface area (Å²) < 4.78 is 5.34. The van der Waals surface area contributed by atoms with Crippen molar-refractivity contribution in [3.8, 4) is 17.0 Å². The van der Waals surface area contributed by atoms with Gasteiger partial charge in [-0.25, -0.2) is 4.98 Å². The summed E-state index contributed by atoms with van der Waals surface area (Å²) in [6, 6.07) is 19.8. The molecule has 2 aliphatic heterocycles. The monoisotopic (exact) mass is 495 g/mol. The van der Waals surface area contributed by atoms with Gasteiger partial charge in [0.25, 0.3) is 0 Å². The van der Waals surface area contributed by atoms with Crippen molar-refractivity contribution in [1.29, 1.82) is 0 Å². The number of benzene rings is 3. The van der Waals surface area contributed by atoms with Crippen LogP contribution in [0.5, 0.6) is 5.75 Å². The van der Waals surface area contributed by atoms with Gasteiger partial charge in [0.05, 0.1) is 24.9 Å². The molecule has 4 aromatic rings. The van der Waals surface area contributed by atoms with E-state index in [0.29, 0.717) is 18.8 Å². The van der Waals surface area contributed by atoms with Gasteiger partial charge >= 0.3 is 0 Å². The Bertz CT molecular complexity index is 1500. The second-order valence-corrected chi connectivity index (χ2v) is 9.81. The quantitative estimate of drug-likeness (QED) is 0.434. The lowest BCUT2D eigenvalue weighted by Crippen LogP contribution is -2.50. The number of ether oxygens (including phenoxy) is 1. The summed E-state index contributed by atoms with van der Waals surface area (Å²) in [5.74, 6) is 0.669. The number of H-pyrrole nitrogens is 1. The molecule has 2 amide bonds. The van der Waals surface area contributed by atoms with Gasteiger partial charge in [-0.1, -0.05) is 36.4 Å². The van der Waals surface area contributed by atoms with E-state index < -0.39 is 5.92 Å². The number of imidazole rings is 1. The van der Waals surface area contributed by atoms with E-state index in [0.717, 1.165) is 40.3 Å². The number of nitrogens with zero attached hydrogens (tertiary/aromatic N) is 3. The number of hydrogen-bond donors (Lipinski definition) is 2. The van der Waals surface area contributed by atoms with Crippen LogP contribution in [0.2, 0.25) is 0 Å². The standard InChI is InChI=1S/C29H29N5O3/c1-33-11-12-34(27(35)15-23-22-14-21(37-2)9-10-24(22)32-29(23)36)26(17-33)28-30-16-25(31-28)20-8-7-18-5-3-4-6-19(18)13-20/h3-10,13-14,16,23,26H,11-12,15,17H2,1-2H3,(H,30,31)(H,32,36). The summed E-state index contributed by atoms with van der Waals surface area (Å²) in [6.07, 6.45) is 1.94. The highest BCUT2D eigenvalue weighted by atomic mass is 16.5. The third-order valence-electron chi connectivity index (χ3n) is 7.46. The number of piperazine rings is 1. The Morgan fingerprint density at radius 2 is 1.92 bits per heavy atom. The third-order valence-corrected chi connectivity index (χ3v) is 7.46. The minimum Gasteiger partial charge on any atom is -0.497 e. The maximum atomic E-state index is 13.6. The Morgan fingerprint density at radius 3 is 2.76 bits per heavy atom. The molecule has 188 valence electrons. The minimum absolute atomic E-state index is 0.0578. The second kappa shape index (κ2) is 9.37. The van der Waals surface area contributed by atoms with Gasteiger partial charge in [0.15, 0.2) is 0 Å². The maximum Gasteiger partial charge on any atom is 0.232 e. The van der Waals surface area contributed by atoms with Gasteiger partial charge in [-0.2, -0.15) is 0 Å². The molecule has 1 fully saturated rings. The average molecular weight is 496 g/mol. The number of aromatic nitrogens is 2. The Hall–Kier alpha value is -4.17. The third kappa shape index (κ3) is 4.34. The van der Waals surface area contributed by atoms with Gasteiger partial charge in [-0.3, -0.25) is 9.59 Å². The molecule has 2 atom stereocenters. The van der Waals surface area contributed by atoms with Crippen LogP contribution in [0.1, 0.15) is 29.8 Å². The molecule has 0 spiro atoms. The van der Waals surface area contributed by atoms with Crippen LogP contribution < -0.4 is 10.1 Å². The number of rotatable bonds is 5. The zero-order chi connectivity index (χ0) is 25.5. The first-order valence-electron chi connectivity index (χ1n) is 12.5. The normalized spacial score (nSPS) is 19.6. The fraction of sp³-hybridized carbons (Fsp3) is 0.276. The van der Waals surface area contributed by atoms with Crippen LogP contribution in [-0.4, -0.2) is 65.4 Å². The average Bonchev–Trinajstić information content (AvgIpc) is 3.53. The molecular weight excluding hydrogens is 466 g/mol. The number of carbonyl (C=O) groups is 2. The molecule has 0 bridgehead atoms. The van der Waals surface area contributed by atoms with Crippen molar-refractivity contribution >= 4 is 28.3 Å². The van der Waals surface area contributed by atoms with E-state index in [2.05, 4.69) is 52.6 Å². The topological polar surface area (TPSA) is 90.6 Å². The van der Waals surface area contributed by atoms with Gasteiger partial charge in [0, 0.05) is 37.3 Å². The molecule has 37 heavy (non-hydrogen) atoms. The number of anilines is 1. The number of aromatic amines is 1. The molecule has 8 heteroatoms. The summed E-state index contributed by atoms with van der Waals surface area (Å²) in [5, 5.41) is 5.25. The van der Waals surface area contributed by atoms with Crippen LogP contribution >= 0.6 is 0 Å². The number of methoxy groups -OCH3 is 1. The van der Waals surface area contributed by atoms with E-state index in [1.165, 1.54) is 5.39 Å². The van der Waals surface area contributed by atoms with Gasteiger partial charge in [0.2, 0.25) is 11.8 Å². The van der Waals surface area contributed by atoms with Crippen LogP contribution in [0.15, 0.2) is 66.9 Å². The zero-order valence-electron chi connectivity index (χ0n) is 20.9. The molecule has 0 aliphatic carbocycles. The lowest BCUT2D eigenvalue weighted by atomic mass is 9.95. The summed E-state index contributed by atoms with van der Waals surface area (Å²) in [6.45, 7) is 2.00. The van der Waals surface area contributed by atoms with Crippen LogP contribution in [-0.2, 0) is 9.59 Å². The minimum atomic E-state index is -0.539. The van der Waals surface area contributed by atoms with Crippen LogP contribution in [0.4, 0.5) is 5.69 Å². The van der Waals surface area contributed by atoms with Crippen molar-refractivity contribution in [3.05, 3.63) is 78.2 Å². The largest absolute Gasteiger partial charge is 0.497 e. The van der Waals surface area contributed by atoms with Crippen LogP contribution in [0, 0.1) is 0 Å². The number of amides is 2. The highest BCUT2D eigenvalue weighted by molar-refractivity contribution is 6.05. The summed E-state index contributed by atoms with van der Waals surface area (Å²) in [5.41, 5.74) is 3.51. The Morgan fingerprint density at radius 1 is 1.08 bits per heavy atom. The van der Waals surface area contributed by atoms with Gasteiger partial charge in [-0.15, -0.1) is 0 Å². The predicted molar refractivity (Wildman–Crippen MR) is 142 cm³/mol. The summed E-state index contributed by atoms with van der Waals surface area (Å²) in [7, 11) is 3.64. The molecular formula is C29H29N5O3. The van der Waals surface area contributed by atoms with E-state index in [4.69, 9.17) is 9.72 Å². The predicted octanol–water partition coefficient (Wildman–Crippen LogP) is 4.18. The molecule has 0 saturated carbocycles. The fourth-order valence-corrected chi connectivity index (χ4v) is 5.39. The zero-order valence-corrected chi connectivity index (χ0v) is 20.9. The van der Waals surface area contributed by atoms with Crippen molar-refractivity contribution in [1.82, 2.24) is 19.8 Å². The highest BCUT2D eigenvalue weighted by Gasteiger charge is 2.37. The Kier molecular flexibility index (Phi) is 5.88. The molecule has 3 heterocycles. The first-order chi connectivity index (χ1) is 18.0.